The molecule has 0 saturated carbocycles. The van der Waals surface area contributed by atoms with Crippen LogP contribution in [0.25, 0.3) is 32.7 Å². The van der Waals surface area contributed by atoms with Crippen LogP contribution in [0.5, 0.6) is 11.8 Å². The first-order valence-corrected chi connectivity index (χ1v) is 31.9. The van der Waals surface area contributed by atoms with E-state index in [1.807, 2.05) is 19.1 Å². The van der Waals surface area contributed by atoms with Gasteiger partial charge in [0.15, 0.2) is 5.60 Å². The van der Waals surface area contributed by atoms with Crippen LogP contribution >= 0.6 is 33.2 Å². The van der Waals surface area contributed by atoms with E-state index in [1.165, 1.54) is 0 Å². The summed E-state index contributed by atoms with van der Waals surface area (Å²) in [6.45, 7) is 15.8. The van der Waals surface area contributed by atoms with Crippen LogP contribution < -0.4 is 20.9 Å². The van der Waals surface area contributed by atoms with Gasteiger partial charge in [-0.25, -0.2) is 9.78 Å². The Morgan fingerprint density at radius 3 is 1.74 bits per heavy atom. The van der Waals surface area contributed by atoms with Crippen LogP contribution in [0.3, 0.4) is 0 Å². The molecule has 5 heterocycles. The van der Waals surface area contributed by atoms with Crippen LogP contribution in [0, 0.1) is 0 Å². The number of aliphatic hydroxyl groups is 1. The van der Waals surface area contributed by atoms with E-state index in [2.05, 4.69) is 35.6 Å². The number of esters is 1. The number of amides is 1. The zero-order chi connectivity index (χ0) is 61.6. The lowest BCUT2D eigenvalue weighted by atomic mass is 9.86. The second kappa shape index (κ2) is 42.0. The van der Waals surface area contributed by atoms with Crippen LogP contribution in [0.15, 0.2) is 34.2 Å². The zero-order valence-electron chi connectivity index (χ0n) is 49.5. The summed E-state index contributed by atoms with van der Waals surface area (Å²) in [7, 11) is 3.27. The van der Waals surface area contributed by atoms with Gasteiger partial charge in [0.25, 0.3) is 5.56 Å². The lowest BCUT2D eigenvalue weighted by molar-refractivity contribution is -0.172. The number of carbonyl (C=O) groups excluding carboxylic acids is 2. The van der Waals surface area contributed by atoms with E-state index in [-0.39, 0.29) is 65.8 Å². The number of cyclic esters (lactones) is 1. The summed E-state index contributed by atoms with van der Waals surface area (Å²) in [5, 5.41) is 21.5. The molecule has 28 nitrogen and oxygen atoms in total. The maximum absolute atomic E-state index is 13.7. The summed E-state index contributed by atoms with van der Waals surface area (Å²) in [5.41, 5.74) is 10.2. The first kappa shape index (κ1) is 71.0. The number of pyridine rings is 2. The van der Waals surface area contributed by atoms with Gasteiger partial charge in [0, 0.05) is 59.0 Å². The van der Waals surface area contributed by atoms with Gasteiger partial charge in [-0.05, 0) is 59.8 Å². The van der Waals surface area contributed by atoms with Gasteiger partial charge in [-0.15, -0.1) is 0 Å². The molecule has 0 spiro atoms. The minimum atomic E-state index is -1.91. The molecule has 87 heavy (non-hydrogen) atoms. The Morgan fingerprint density at radius 1 is 0.701 bits per heavy atom. The fourth-order valence-electron chi connectivity index (χ4n) is 8.65. The second-order valence-electron chi connectivity index (χ2n) is 18.8. The standard InChI is InChI=1S/C56H81ClN10O18S2/c1-3-42-43-37-41(5-6-47(43)62-50-44(42)39-67-48(50)38-46-45(51(67)69)40-84-52(70)56(46,71)4-2)85-55-64-53(57)63-54(65-55)60-10-36-87-86-35-9-59-49(68)7-11-72-13-15-74-17-19-76-21-23-78-25-27-80-29-31-82-33-34-83-32-30-81-28-26-79-24-22-77-20-18-75-16-14-73-12-8-61-66-58/h5-6,37-38,71H,3-4,7-36,39-40H2,1-2H3,(H,59,68)(H,60,63,64,65)/t56-/m0/s1. The number of aromatic nitrogens is 5. The minimum Gasteiger partial charge on any atom is -0.458 e. The van der Waals surface area contributed by atoms with Crippen LogP contribution in [-0.4, -0.2) is 231 Å². The molecule has 3 aromatic heterocycles. The summed E-state index contributed by atoms with van der Waals surface area (Å²) in [4.78, 5) is 59.0. The molecule has 4 aromatic rings. The molecule has 2 aliphatic rings. The Hall–Kier alpha value is -5.09. The number of aryl methyl sites for hydroxylation is 1. The van der Waals surface area contributed by atoms with Gasteiger partial charge in [-0.2, -0.15) is 15.0 Å². The van der Waals surface area contributed by atoms with Gasteiger partial charge in [0.2, 0.25) is 17.1 Å². The Bertz CT molecular complexity index is 2810. The Morgan fingerprint density at radius 2 is 1.22 bits per heavy atom. The quantitative estimate of drug-likeness (QED) is 0.0114. The predicted molar refractivity (Wildman–Crippen MR) is 324 cm³/mol. The van der Waals surface area contributed by atoms with Gasteiger partial charge in [-0.3, -0.25) is 9.59 Å². The van der Waals surface area contributed by atoms with Gasteiger partial charge in [-0.1, -0.05) is 40.5 Å². The number of hydrogen-bond donors (Lipinski definition) is 3. The van der Waals surface area contributed by atoms with Crippen LogP contribution in [0.2, 0.25) is 5.28 Å². The molecule has 0 saturated heterocycles. The number of hydrogen-bond acceptors (Lipinski definition) is 26. The highest BCUT2D eigenvalue weighted by Crippen LogP contribution is 2.41. The number of azide groups is 1. The summed E-state index contributed by atoms with van der Waals surface area (Å²) < 4.78 is 78.6. The van der Waals surface area contributed by atoms with E-state index < -0.39 is 11.6 Å². The first-order valence-electron chi connectivity index (χ1n) is 29.1. The van der Waals surface area contributed by atoms with Crippen LogP contribution in [0.4, 0.5) is 5.95 Å². The highest BCUT2D eigenvalue weighted by atomic mass is 35.5. The highest BCUT2D eigenvalue weighted by Gasteiger charge is 2.45. The molecule has 0 radical (unpaired) electrons. The normalized spacial score (nSPS) is 14.2. The number of anilines is 1. The molecule has 0 aliphatic carbocycles. The van der Waals surface area contributed by atoms with Crippen molar-refractivity contribution in [1.29, 1.82) is 0 Å². The molecule has 1 atom stereocenters. The molecule has 0 bridgehead atoms. The zero-order valence-corrected chi connectivity index (χ0v) is 51.9. The monoisotopic (exact) mass is 1280 g/mol. The average Bonchev–Trinajstić information content (AvgIpc) is 1.74. The predicted octanol–water partition coefficient (Wildman–Crippen LogP) is 5.08. The Balaban J connectivity index is 0.672. The van der Waals surface area contributed by atoms with Crippen LogP contribution in [-0.2, 0) is 96.3 Å². The molecular weight excluding hydrogens is 1200 g/mol. The number of nitrogens with one attached hydrogen (secondary N) is 2. The first-order chi connectivity index (χ1) is 42.7. The van der Waals surface area contributed by atoms with Gasteiger partial charge < -0.3 is 86.6 Å². The molecule has 482 valence electrons. The summed E-state index contributed by atoms with van der Waals surface area (Å²) in [6, 6.07) is 7.13. The van der Waals surface area contributed by atoms with Crippen LogP contribution in [0.1, 0.15) is 48.9 Å². The molecule has 3 N–H and O–H groups in total. The van der Waals surface area contributed by atoms with Gasteiger partial charge >= 0.3 is 12.0 Å². The molecule has 0 fully saturated rings. The number of fused-ring (bicyclic) bond motifs is 5. The molecular formula is C56H81ClN10O18S2. The number of ether oxygens (including phenoxy) is 14. The lowest BCUT2D eigenvalue weighted by Crippen LogP contribution is -2.44. The molecule has 6 rings (SSSR count). The van der Waals surface area contributed by atoms with Crippen molar-refractivity contribution in [3.05, 3.63) is 72.6 Å². The maximum atomic E-state index is 13.7. The lowest BCUT2D eigenvalue weighted by Gasteiger charge is -2.31. The van der Waals surface area contributed by atoms with E-state index in [0.717, 1.165) is 22.3 Å². The Kier molecular flexibility index (Phi) is 34.3. The Labute approximate surface area is 518 Å². The minimum absolute atomic E-state index is 0.00250. The number of nitrogens with zero attached hydrogens (tertiary/aromatic N) is 8. The van der Waals surface area contributed by atoms with E-state index in [4.69, 9.17) is 88.4 Å². The van der Waals surface area contributed by atoms with Crippen molar-refractivity contribution >= 4 is 61.9 Å². The third kappa shape index (κ3) is 25.0. The number of carbonyl (C=O) groups is 2. The number of benzene rings is 1. The fraction of sp³-hybridized carbons (Fsp3) is 0.661. The average molecular weight is 1280 g/mol. The summed E-state index contributed by atoms with van der Waals surface area (Å²) in [5.74, 6) is 1.29. The van der Waals surface area contributed by atoms with E-state index >= 15 is 0 Å². The summed E-state index contributed by atoms with van der Waals surface area (Å²) >= 11 is 6.28. The van der Waals surface area contributed by atoms with Gasteiger partial charge in [0.1, 0.15) is 12.4 Å². The van der Waals surface area contributed by atoms with Crippen molar-refractivity contribution in [2.75, 3.05) is 195 Å². The third-order valence-electron chi connectivity index (χ3n) is 13.0. The topological polar surface area (TPSA) is 330 Å². The van der Waals surface area contributed by atoms with E-state index in [0.29, 0.717) is 213 Å². The van der Waals surface area contributed by atoms with E-state index in [9.17, 15) is 19.5 Å². The van der Waals surface area contributed by atoms with E-state index in [1.54, 1.807) is 45.2 Å². The molecule has 1 aromatic carbocycles. The molecule has 1 amide bonds. The SMILES string of the molecule is CCc1c2c(nc3ccc(Oc4nc(Cl)nc(NCCSSCCNC(=O)CCOCCOCCOCCOCCOCCOCCOCCOCCOCCOCCOCCOCCN=[N+]=[N-])n4)cc13)-c1cc3c(c(=O)n1C2)COC(=O)[C@]3(O)CC. The molecule has 0 unspecified atom stereocenters. The fourth-order valence-corrected chi connectivity index (χ4v) is 10.6. The smallest absolute Gasteiger partial charge is 0.343 e. The van der Waals surface area contributed by atoms with Crippen molar-refractivity contribution in [3.8, 4) is 23.1 Å². The van der Waals surface area contributed by atoms with Crippen molar-refractivity contribution in [2.24, 2.45) is 5.11 Å². The van der Waals surface area contributed by atoms with Crippen molar-refractivity contribution < 1.29 is 81.0 Å². The number of halogens is 1. The largest absolute Gasteiger partial charge is 0.458 e. The third-order valence-corrected chi connectivity index (χ3v) is 15.5. The highest BCUT2D eigenvalue weighted by molar-refractivity contribution is 8.76. The molecule has 31 heteroatoms. The van der Waals surface area contributed by atoms with Crippen molar-refractivity contribution in [1.82, 2.24) is 29.8 Å². The molecule has 2 aliphatic heterocycles. The van der Waals surface area contributed by atoms with Crippen molar-refractivity contribution in [2.45, 2.75) is 51.9 Å². The summed E-state index contributed by atoms with van der Waals surface area (Å²) in [6.07, 6.45) is 0.948. The van der Waals surface area contributed by atoms with Gasteiger partial charge in [0.05, 0.1) is 188 Å². The maximum Gasteiger partial charge on any atom is 0.343 e. The number of rotatable bonds is 51. The van der Waals surface area contributed by atoms with Crippen molar-refractivity contribution in [3.63, 3.8) is 0 Å². The second-order valence-corrected chi connectivity index (χ2v) is 21.9.